The van der Waals surface area contributed by atoms with Gasteiger partial charge in [0, 0.05) is 35.1 Å². The average Bonchev–Trinajstić information content (AvgIpc) is 3.31. The first-order valence-electron chi connectivity index (χ1n) is 13.2. The number of carboxylic acid groups (broad SMARTS) is 1. The Labute approximate surface area is 238 Å². The van der Waals surface area contributed by atoms with Crippen LogP contribution in [0.5, 0.6) is 0 Å². The van der Waals surface area contributed by atoms with Crippen molar-refractivity contribution in [3.63, 3.8) is 0 Å². The van der Waals surface area contributed by atoms with Gasteiger partial charge in [0.15, 0.2) is 0 Å². The van der Waals surface area contributed by atoms with Gasteiger partial charge in [0.1, 0.15) is 0 Å². The van der Waals surface area contributed by atoms with Crippen LogP contribution in [-0.2, 0) is 33.6 Å². The first-order chi connectivity index (χ1) is 19.3. The molecule has 0 fully saturated rings. The molecule has 3 aromatic rings. The van der Waals surface area contributed by atoms with Gasteiger partial charge in [0.05, 0.1) is 16.8 Å². The van der Waals surface area contributed by atoms with Gasteiger partial charge < -0.3 is 35.1 Å². The number of carboxylic acids is 1. The van der Waals surface area contributed by atoms with Crippen LogP contribution in [0.25, 0.3) is 0 Å². The monoisotopic (exact) mass is 556 g/mol. The van der Waals surface area contributed by atoms with Crippen LogP contribution in [-0.4, -0.2) is 47.2 Å². The Hall–Kier alpha value is -3.96. The van der Waals surface area contributed by atoms with Gasteiger partial charge in [-0.25, -0.2) is 4.79 Å². The van der Waals surface area contributed by atoms with Crippen molar-refractivity contribution in [2.45, 2.75) is 52.0 Å². The molecule has 5 N–H and O–H groups in total. The van der Waals surface area contributed by atoms with E-state index in [1.165, 1.54) is 12.1 Å². The van der Waals surface area contributed by atoms with Crippen LogP contribution in [0.1, 0.15) is 81.0 Å². The van der Waals surface area contributed by atoms with Gasteiger partial charge in [0.25, 0.3) is 11.8 Å². The van der Waals surface area contributed by atoms with Crippen molar-refractivity contribution in [1.82, 2.24) is 10.6 Å². The average molecular weight is 556 g/mol. The minimum absolute atomic E-state index is 0.00153. The molecule has 10 nitrogen and oxygen atoms in total. The lowest BCUT2D eigenvalue weighted by molar-refractivity contribution is 0.0696. The van der Waals surface area contributed by atoms with Crippen LogP contribution in [0, 0.1) is 0 Å². The second kappa shape index (κ2) is 10.5. The minimum Gasteiger partial charge on any atom is -0.478 e. The van der Waals surface area contributed by atoms with Crippen molar-refractivity contribution in [1.29, 1.82) is 0 Å². The van der Waals surface area contributed by atoms with E-state index in [1.54, 1.807) is 42.5 Å². The first-order valence-corrected chi connectivity index (χ1v) is 13.2. The van der Waals surface area contributed by atoms with E-state index in [4.69, 9.17) is 9.31 Å². The SMILES string of the molecule is CC1(C)OB(O)c2c(C(=O)NCc3cc(CNC(=O)c4cccc5c4B(O)OC5(C)C)cc(C(=O)O)c3)cccc21. The molecule has 0 saturated carbocycles. The van der Waals surface area contributed by atoms with Crippen LogP contribution in [0.15, 0.2) is 54.6 Å². The zero-order valence-corrected chi connectivity index (χ0v) is 23.1. The number of rotatable bonds is 7. The molecule has 3 aromatic carbocycles. The molecule has 41 heavy (non-hydrogen) atoms. The lowest BCUT2D eigenvalue weighted by atomic mass is 9.75. The number of nitrogens with one attached hydrogen (secondary N) is 2. The quantitative estimate of drug-likeness (QED) is 0.272. The summed E-state index contributed by atoms with van der Waals surface area (Å²) in [4.78, 5) is 38.0. The van der Waals surface area contributed by atoms with Gasteiger partial charge in [-0.2, -0.15) is 0 Å². The van der Waals surface area contributed by atoms with E-state index in [1.807, 2.05) is 27.7 Å². The third-order valence-electron chi connectivity index (χ3n) is 7.51. The smallest absolute Gasteiger partial charge is 0.478 e. The number of fused-ring (bicyclic) bond motifs is 2. The third-order valence-corrected chi connectivity index (χ3v) is 7.51. The summed E-state index contributed by atoms with van der Waals surface area (Å²) in [6.45, 7) is 7.25. The summed E-state index contributed by atoms with van der Waals surface area (Å²) in [7, 11) is -2.48. The fraction of sp³-hybridized carbons (Fsp3) is 0.276. The maximum atomic E-state index is 13.1. The Kier molecular flexibility index (Phi) is 7.29. The molecule has 0 aliphatic carbocycles. The second-order valence-electron chi connectivity index (χ2n) is 11.2. The summed E-state index contributed by atoms with van der Waals surface area (Å²) >= 11 is 0. The summed E-state index contributed by atoms with van der Waals surface area (Å²) in [5.41, 5.74) is 2.32. The lowest BCUT2D eigenvalue weighted by Crippen LogP contribution is -2.37. The fourth-order valence-electron chi connectivity index (χ4n) is 5.56. The predicted molar refractivity (Wildman–Crippen MR) is 152 cm³/mol. The molecule has 210 valence electrons. The lowest BCUT2D eigenvalue weighted by Gasteiger charge is -2.19. The number of aromatic carboxylic acids is 1. The van der Waals surface area contributed by atoms with E-state index in [-0.39, 0.29) is 29.8 Å². The minimum atomic E-state index is -1.24. The normalized spacial score (nSPS) is 16.2. The molecule has 0 saturated heterocycles. The van der Waals surface area contributed by atoms with Crippen LogP contribution in [0.2, 0.25) is 0 Å². The Morgan fingerprint density at radius 2 is 1.15 bits per heavy atom. The van der Waals surface area contributed by atoms with Gasteiger partial charge in [0.2, 0.25) is 0 Å². The second-order valence-corrected chi connectivity index (χ2v) is 11.2. The van der Waals surface area contributed by atoms with Crippen LogP contribution < -0.4 is 21.6 Å². The summed E-state index contributed by atoms with van der Waals surface area (Å²) in [5, 5.41) is 36.1. The highest BCUT2D eigenvalue weighted by molar-refractivity contribution is 6.64. The zero-order chi connectivity index (χ0) is 29.7. The summed E-state index contributed by atoms with van der Waals surface area (Å²) in [6, 6.07) is 14.8. The number of amides is 2. The van der Waals surface area contributed by atoms with Gasteiger partial charge in [-0.05, 0) is 74.2 Å². The number of carbonyl (C=O) groups excluding carboxylic acids is 2. The summed E-state index contributed by atoms with van der Waals surface area (Å²) in [6.07, 6.45) is 0. The Morgan fingerprint density at radius 3 is 1.54 bits per heavy atom. The van der Waals surface area contributed by atoms with Crippen molar-refractivity contribution in [2.75, 3.05) is 0 Å². The highest BCUT2D eigenvalue weighted by Crippen LogP contribution is 2.31. The maximum absolute atomic E-state index is 13.1. The highest BCUT2D eigenvalue weighted by atomic mass is 16.5. The van der Waals surface area contributed by atoms with Crippen LogP contribution in [0.4, 0.5) is 0 Å². The van der Waals surface area contributed by atoms with E-state index < -0.39 is 43.2 Å². The Balaban J connectivity index is 1.32. The molecule has 5 rings (SSSR count). The Morgan fingerprint density at radius 1 is 0.732 bits per heavy atom. The van der Waals surface area contributed by atoms with Crippen molar-refractivity contribution in [3.8, 4) is 0 Å². The molecule has 0 atom stereocenters. The van der Waals surface area contributed by atoms with Crippen molar-refractivity contribution < 1.29 is 38.8 Å². The molecule has 0 radical (unpaired) electrons. The molecule has 2 aliphatic rings. The molecular formula is C29H30B2N2O8. The number of hydrogen-bond donors (Lipinski definition) is 5. The molecule has 0 unspecified atom stereocenters. The van der Waals surface area contributed by atoms with E-state index in [0.717, 1.165) is 11.1 Å². The molecule has 12 heteroatoms. The van der Waals surface area contributed by atoms with Crippen molar-refractivity contribution in [2.24, 2.45) is 0 Å². The largest absolute Gasteiger partial charge is 0.492 e. The van der Waals surface area contributed by atoms with E-state index in [2.05, 4.69) is 10.6 Å². The fourth-order valence-corrected chi connectivity index (χ4v) is 5.56. The van der Waals surface area contributed by atoms with E-state index >= 15 is 0 Å². The Bertz CT molecular complexity index is 1470. The van der Waals surface area contributed by atoms with Crippen LogP contribution in [0.3, 0.4) is 0 Å². The standard InChI is InChI=1S/C29H30B2N2O8/c1-28(2)21-9-5-7-19(23(21)30(38)40-28)25(34)32-14-16-11-17(13-18(12-16)27(36)37)15-33-26(35)20-8-6-10-22-24(20)31(39)41-29(22,3)4/h5-13,38-39H,14-15H2,1-4H3,(H,32,34)(H,33,35)(H,36,37). The predicted octanol–water partition coefficient (Wildman–Crippen LogP) is 1.15. The topological polar surface area (TPSA) is 154 Å². The maximum Gasteiger partial charge on any atom is 0.492 e. The summed E-state index contributed by atoms with van der Waals surface area (Å²) < 4.78 is 11.2. The van der Waals surface area contributed by atoms with Gasteiger partial charge in [-0.15, -0.1) is 0 Å². The number of hydrogen-bond acceptors (Lipinski definition) is 7. The first kappa shape index (κ1) is 28.6. The van der Waals surface area contributed by atoms with E-state index in [9.17, 15) is 29.5 Å². The van der Waals surface area contributed by atoms with Gasteiger partial charge >= 0.3 is 20.2 Å². The summed E-state index contributed by atoms with van der Waals surface area (Å²) in [5.74, 6) is -2.05. The number of benzene rings is 3. The van der Waals surface area contributed by atoms with Gasteiger partial charge in [-0.1, -0.05) is 30.3 Å². The molecule has 2 amide bonds. The highest BCUT2D eigenvalue weighted by Gasteiger charge is 2.44. The van der Waals surface area contributed by atoms with E-state index in [0.29, 0.717) is 22.1 Å². The van der Waals surface area contributed by atoms with Crippen molar-refractivity contribution in [3.05, 3.63) is 93.5 Å². The molecule has 2 aliphatic heterocycles. The molecular weight excluding hydrogens is 526 g/mol. The van der Waals surface area contributed by atoms with Crippen molar-refractivity contribution >= 4 is 42.9 Å². The van der Waals surface area contributed by atoms with Crippen LogP contribution >= 0.6 is 0 Å². The number of carbonyl (C=O) groups is 3. The molecule has 2 heterocycles. The molecule has 0 bridgehead atoms. The zero-order valence-electron chi connectivity index (χ0n) is 23.1. The molecule has 0 aromatic heterocycles. The third kappa shape index (κ3) is 5.39. The van der Waals surface area contributed by atoms with Gasteiger partial charge in [-0.3, -0.25) is 9.59 Å². The molecule has 0 spiro atoms.